The van der Waals surface area contributed by atoms with Crippen molar-refractivity contribution in [2.45, 2.75) is 39.8 Å². The minimum absolute atomic E-state index is 0.283. The van der Waals surface area contributed by atoms with Crippen LogP contribution in [-0.4, -0.2) is 36.1 Å². The topological polar surface area (TPSA) is 64.7 Å². The molecule has 0 aliphatic carbocycles. The molecular weight excluding hydrogens is 290 g/mol. The van der Waals surface area contributed by atoms with Gasteiger partial charge in [-0.1, -0.05) is 13.8 Å². The van der Waals surface area contributed by atoms with Crippen molar-refractivity contribution in [1.29, 1.82) is 0 Å². The van der Waals surface area contributed by atoms with Crippen molar-refractivity contribution in [2.24, 2.45) is 7.05 Å². The second-order valence-electron chi connectivity index (χ2n) is 6.49. The van der Waals surface area contributed by atoms with Crippen LogP contribution in [0.25, 0.3) is 11.0 Å². The number of anilines is 1. The summed E-state index contributed by atoms with van der Waals surface area (Å²) in [6, 6.07) is 2.15. The van der Waals surface area contributed by atoms with Crippen LogP contribution in [0.15, 0.2) is 12.3 Å². The smallest absolute Gasteiger partial charge is 0.163 e. The van der Waals surface area contributed by atoms with Crippen molar-refractivity contribution in [3.05, 3.63) is 29.5 Å². The molecule has 0 radical (unpaired) electrons. The summed E-state index contributed by atoms with van der Waals surface area (Å²) in [6.07, 6.45) is 1.87. The zero-order chi connectivity index (χ0) is 16.1. The summed E-state index contributed by atoms with van der Waals surface area (Å²) in [6.45, 7) is 8.88. The third-order valence-electron chi connectivity index (χ3n) is 4.33. The predicted octanol–water partition coefficient (Wildman–Crippen LogP) is 2.01. The normalized spacial score (nSPS) is 14.7. The van der Waals surface area contributed by atoms with E-state index in [1.807, 2.05) is 24.9 Å². The Morgan fingerprint density at radius 1 is 1.17 bits per heavy atom. The number of fused-ring (bicyclic) bond motifs is 2. The first-order chi connectivity index (χ1) is 11.0. The van der Waals surface area contributed by atoms with Gasteiger partial charge in [0.15, 0.2) is 5.65 Å². The maximum absolute atomic E-state index is 4.85. The summed E-state index contributed by atoms with van der Waals surface area (Å²) in [4.78, 5) is 11.8. The number of aromatic nitrogens is 6. The van der Waals surface area contributed by atoms with Crippen LogP contribution >= 0.6 is 0 Å². The summed E-state index contributed by atoms with van der Waals surface area (Å²) in [7, 11) is 1.93. The molecule has 0 atom stereocenters. The van der Waals surface area contributed by atoms with E-state index in [1.165, 1.54) is 5.69 Å². The molecule has 3 aromatic rings. The van der Waals surface area contributed by atoms with Crippen molar-refractivity contribution in [3.8, 4) is 0 Å². The fraction of sp³-hybridized carbons (Fsp3) is 0.500. The molecule has 4 rings (SSSR count). The summed E-state index contributed by atoms with van der Waals surface area (Å²) >= 11 is 0. The molecule has 23 heavy (non-hydrogen) atoms. The van der Waals surface area contributed by atoms with Gasteiger partial charge in [0.25, 0.3) is 0 Å². The molecule has 0 spiro atoms. The average Bonchev–Trinajstić information content (AvgIpc) is 3.07. The maximum Gasteiger partial charge on any atom is 0.163 e. The zero-order valence-electron chi connectivity index (χ0n) is 14.0. The maximum atomic E-state index is 4.85. The van der Waals surface area contributed by atoms with Gasteiger partial charge in [-0.2, -0.15) is 10.2 Å². The summed E-state index contributed by atoms with van der Waals surface area (Å²) in [5, 5.41) is 9.92. The van der Waals surface area contributed by atoms with Crippen LogP contribution in [0.5, 0.6) is 0 Å². The fourth-order valence-electron chi connectivity index (χ4n) is 3.11. The van der Waals surface area contributed by atoms with Gasteiger partial charge >= 0.3 is 0 Å². The Kier molecular flexibility index (Phi) is 3.11. The van der Waals surface area contributed by atoms with Gasteiger partial charge in [-0.3, -0.25) is 9.36 Å². The molecule has 0 fully saturated rings. The lowest BCUT2D eigenvalue weighted by Gasteiger charge is -2.29. The largest absolute Gasteiger partial charge is 0.348 e. The molecular formula is C16H21N7. The van der Waals surface area contributed by atoms with Gasteiger partial charge in [0, 0.05) is 19.5 Å². The molecule has 3 aromatic heterocycles. The van der Waals surface area contributed by atoms with Gasteiger partial charge < -0.3 is 4.90 Å². The van der Waals surface area contributed by atoms with Crippen molar-refractivity contribution >= 4 is 16.9 Å². The minimum Gasteiger partial charge on any atom is -0.348 e. The number of aryl methyl sites for hydroxylation is 2. The predicted molar refractivity (Wildman–Crippen MR) is 88.4 cm³/mol. The highest BCUT2D eigenvalue weighted by Crippen LogP contribution is 2.28. The number of hydrogen-bond acceptors (Lipinski definition) is 5. The van der Waals surface area contributed by atoms with E-state index in [9.17, 15) is 0 Å². The standard InChI is InChI=1S/C16H21N7/c1-10(2)14-18-15-13(8-17-21(15)4)16(19-14)22-5-6-23-12(9-22)7-11(3)20-23/h7-8,10H,5-6,9H2,1-4H3. The van der Waals surface area contributed by atoms with Crippen LogP contribution in [0, 0.1) is 6.92 Å². The van der Waals surface area contributed by atoms with Crippen molar-refractivity contribution < 1.29 is 0 Å². The van der Waals surface area contributed by atoms with Crippen LogP contribution in [-0.2, 0) is 20.1 Å². The molecule has 4 heterocycles. The lowest BCUT2D eigenvalue weighted by atomic mass is 10.2. The molecule has 1 aliphatic heterocycles. The Hall–Kier alpha value is -2.44. The molecule has 0 saturated heterocycles. The third-order valence-corrected chi connectivity index (χ3v) is 4.33. The summed E-state index contributed by atoms with van der Waals surface area (Å²) in [5.41, 5.74) is 3.20. The molecule has 0 unspecified atom stereocenters. The van der Waals surface area contributed by atoms with Crippen LogP contribution in [0.1, 0.15) is 37.0 Å². The number of nitrogens with zero attached hydrogens (tertiary/aromatic N) is 7. The van der Waals surface area contributed by atoms with Crippen molar-refractivity contribution in [2.75, 3.05) is 11.4 Å². The Labute approximate surface area is 134 Å². The van der Waals surface area contributed by atoms with Gasteiger partial charge in [0.2, 0.25) is 0 Å². The molecule has 0 amide bonds. The van der Waals surface area contributed by atoms with E-state index >= 15 is 0 Å². The van der Waals surface area contributed by atoms with Gasteiger partial charge in [-0.05, 0) is 13.0 Å². The van der Waals surface area contributed by atoms with Gasteiger partial charge in [0.1, 0.15) is 11.6 Å². The van der Waals surface area contributed by atoms with Gasteiger partial charge in [-0.25, -0.2) is 9.97 Å². The van der Waals surface area contributed by atoms with Gasteiger partial charge in [-0.15, -0.1) is 0 Å². The Bertz CT molecular complexity index is 874. The van der Waals surface area contributed by atoms with E-state index in [0.29, 0.717) is 0 Å². The highest BCUT2D eigenvalue weighted by molar-refractivity contribution is 5.87. The Morgan fingerprint density at radius 3 is 2.78 bits per heavy atom. The lowest BCUT2D eigenvalue weighted by molar-refractivity contribution is 0.515. The Morgan fingerprint density at radius 2 is 2.00 bits per heavy atom. The monoisotopic (exact) mass is 311 g/mol. The van der Waals surface area contributed by atoms with E-state index in [4.69, 9.17) is 4.98 Å². The van der Waals surface area contributed by atoms with Gasteiger partial charge in [0.05, 0.1) is 36.1 Å². The van der Waals surface area contributed by atoms with Crippen LogP contribution < -0.4 is 4.90 Å². The molecule has 0 saturated carbocycles. The molecule has 7 nitrogen and oxygen atoms in total. The second-order valence-corrected chi connectivity index (χ2v) is 6.49. The first-order valence-corrected chi connectivity index (χ1v) is 8.01. The second kappa shape index (κ2) is 5.04. The van der Waals surface area contributed by atoms with Crippen molar-refractivity contribution in [3.63, 3.8) is 0 Å². The number of rotatable bonds is 2. The molecule has 7 heteroatoms. The van der Waals surface area contributed by atoms with Crippen LogP contribution in [0.2, 0.25) is 0 Å². The van der Waals surface area contributed by atoms with Crippen LogP contribution in [0.4, 0.5) is 5.82 Å². The van der Waals surface area contributed by atoms with Crippen LogP contribution in [0.3, 0.4) is 0 Å². The van der Waals surface area contributed by atoms with E-state index in [0.717, 1.165) is 48.0 Å². The first-order valence-electron chi connectivity index (χ1n) is 8.01. The summed E-state index contributed by atoms with van der Waals surface area (Å²) < 4.78 is 3.92. The molecule has 120 valence electrons. The SMILES string of the molecule is Cc1cc2n(n1)CCN(c1nc(C(C)C)nc3c1cnn3C)C2. The molecule has 0 N–H and O–H groups in total. The Balaban J connectivity index is 1.82. The third kappa shape index (κ3) is 2.27. The van der Waals surface area contributed by atoms with Crippen molar-refractivity contribution in [1.82, 2.24) is 29.5 Å². The minimum atomic E-state index is 0.283. The molecule has 0 aromatic carbocycles. The molecule has 0 bridgehead atoms. The number of hydrogen-bond donors (Lipinski definition) is 0. The van der Waals surface area contributed by atoms with E-state index in [2.05, 4.69) is 44.7 Å². The fourth-order valence-corrected chi connectivity index (χ4v) is 3.11. The highest BCUT2D eigenvalue weighted by atomic mass is 15.4. The van der Waals surface area contributed by atoms with E-state index in [1.54, 1.807) is 0 Å². The zero-order valence-corrected chi connectivity index (χ0v) is 14.0. The van der Waals surface area contributed by atoms with E-state index < -0.39 is 0 Å². The first kappa shape index (κ1) is 14.2. The molecule has 1 aliphatic rings. The average molecular weight is 311 g/mol. The summed E-state index contributed by atoms with van der Waals surface area (Å²) in [5.74, 6) is 2.13. The quantitative estimate of drug-likeness (QED) is 0.724. The van der Waals surface area contributed by atoms with E-state index in [-0.39, 0.29) is 5.92 Å². The highest BCUT2D eigenvalue weighted by Gasteiger charge is 2.23. The lowest BCUT2D eigenvalue weighted by Crippen LogP contribution is -2.34.